The predicted octanol–water partition coefficient (Wildman–Crippen LogP) is -1.22. The maximum Gasteiger partial charge on any atom is 2.00 e. The van der Waals surface area contributed by atoms with Gasteiger partial charge in [0.25, 0.3) is 0 Å². The van der Waals surface area contributed by atoms with Crippen molar-refractivity contribution in [3.63, 3.8) is 0 Å². The van der Waals surface area contributed by atoms with Crippen LogP contribution in [0.3, 0.4) is 0 Å². The van der Waals surface area contributed by atoms with E-state index in [9.17, 15) is 0 Å². The molecule has 0 heterocycles. The number of rotatable bonds is 0. The summed E-state index contributed by atoms with van der Waals surface area (Å²) in [5, 5.41) is 0. The standard InChI is InChI=1S/C7H11.ClH.Mg/c1-2-7-4-3-6(1)5-7;;/h6H,1-5H2;1H;/q-1;;+2/p-1. The van der Waals surface area contributed by atoms with E-state index < -0.39 is 0 Å². The second-order valence-corrected chi connectivity index (χ2v) is 2.90. The molecule has 2 rings (SSSR count). The zero-order valence-electron chi connectivity index (χ0n) is 5.70. The summed E-state index contributed by atoms with van der Waals surface area (Å²) >= 11 is 0. The van der Waals surface area contributed by atoms with Crippen LogP contribution in [0.25, 0.3) is 0 Å². The molecule has 0 amide bonds. The van der Waals surface area contributed by atoms with Crippen LogP contribution in [0, 0.1) is 11.8 Å². The second kappa shape index (κ2) is 4.04. The summed E-state index contributed by atoms with van der Waals surface area (Å²) in [4.78, 5) is 0. The maximum atomic E-state index is 1.87. The normalized spacial score (nSPS) is 25.3. The van der Waals surface area contributed by atoms with E-state index in [2.05, 4.69) is 0 Å². The number of halogens is 1. The molecule has 2 fully saturated rings. The molecule has 0 aromatic heterocycles. The molecule has 9 heavy (non-hydrogen) atoms. The third-order valence-electron chi connectivity index (χ3n) is 2.39. The molecule has 0 atom stereocenters. The average Bonchev–Trinajstić information content (AvgIpc) is 2.22. The van der Waals surface area contributed by atoms with Crippen LogP contribution in [0.5, 0.6) is 0 Å². The summed E-state index contributed by atoms with van der Waals surface area (Å²) in [7, 11) is 0. The Balaban J connectivity index is 0.000000320. The van der Waals surface area contributed by atoms with Crippen LogP contribution in [-0.2, 0) is 0 Å². The molecule has 2 aliphatic carbocycles. The fourth-order valence-corrected chi connectivity index (χ4v) is 1.90. The topological polar surface area (TPSA) is 0 Å². The maximum absolute atomic E-state index is 1.87. The van der Waals surface area contributed by atoms with E-state index in [4.69, 9.17) is 0 Å². The summed E-state index contributed by atoms with van der Waals surface area (Å²) in [6, 6.07) is 0. The molecule has 0 nitrogen and oxygen atoms in total. The Kier molecular flexibility index (Phi) is 4.52. The Morgan fingerprint density at radius 2 is 1.67 bits per heavy atom. The Hall–Kier alpha value is 1.06. The van der Waals surface area contributed by atoms with Crippen molar-refractivity contribution in [1.82, 2.24) is 0 Å². The Labute approximate surface area is 79.3 Å². The summed E-state index contributed by atoms with van der Waals surface area (Å²) in [5.74, 6) is 3.00. The molecule has 0 spiro atoms. The molecule has 2 saturated carbocycles. The van der Waals surface area contributed by atoms with Gasteiger partial charge < -0.3 is 18.3 Å². The van der Waals surface area contributed by atoms with Gasteiger partial charge in [-0.3, -0.25) is 0 Å². The summed E-state index contributed by atoms with van der Waals surface area (Å²) < 4.78 is 0. The van der Waals surface area contributed by atoms with E-state index >= 15 is 0 Å². The van der Waals surface area contributed by atoms with Gasteiger partial charge in [-0.1, -0.05) is 18.8 Å². The van der Waals surface area contributed by atoms with Crippen molar-refractivity contribution in [2.24, 2.45) is 5.92 Å². The van der Waals surface area contributed by atoms with Gasteiger partial charge in [0.15, 0.2) is 0 Å². The van der Waals surface area contributed by atoms with E-state index in [-0.39, 0.29) is 35.5 Å². The quantitative estimate of drug-likeness (QED) is 0.303. The van der Waals surface area contributed by atoms with Gasteiger partial charge in [0, 0.05) is 0 Å². The second-order valence-electron chi connectivity index (χ2n) is 2.90. The predicted molar refractivity (Wildman–Crippen MR) is 35.6 cm³/mol. The van der Waals surface area contributed by atoms with E-state index in [0.717, 1.165) is 5.92 Å². The van der Waals surface area contributed by atoms with E-state index in [1.54, 1.807) is 0 Å². The molecule has 2 aliphatic rings. The minimum absolute atomic E-state index is 0. The van der Waals surface area contributed by atoms with E-state index in [1.165, 1.54) is 32.1 Å². The molecule has 0 aliphatic heterocycles. The molecule has 0 saturated heterocycles. The van der Waals surface area contributed by atoms with Gasteiger partial charge >= 0.3 is 23.1 Å². The summed E-state index contributed by atoms with van der Waals surface area (Å²) in [5.41, 5.74) is 0. The van der Waals surface area contributed by atoms with Crippen molar-refractivity contribution in [3.05, 3.63) is 5.92 Å². The smallest absolute Gasteiger partial charge is 1.00 e. The van der Waals surface area contributed by atoms with Crippen molar-refractivity contribution in [2.45, 2.75) is 32.1 Å². The largest absolute Gasteiger partial charge is 2.00 e. The van der Waals surface area contributed by atoms with Crippen LogP contribution >= 0.6 is 0 Å². The minimum atomic E-state index is 0. The monoisotopic (exact) mass is 154 g/mol. The van der Waals surface area contributed by atoms with Crippen LogP contribution in [0.1, 0.15) is 32.1 Å². The molecular weight excluding hydrogens is 144 g/mol. The van der Waals surface area contributed by atoms with Gasteiger partial charge in [-0.15, -0.1) is 0 Å². The van der Waals surface area contributed by atoms with Crippen molar-refractivity contribution in [3.8, 4) is 0 Å². The summed E-state index contributed by atoms with van der Waals surface area (Å²) in [6.07, 6.45) is 7.50. The molecule has 0 aromatic rings. The first-order chi connectivity index (χ1) is 3.45. The van der Waals surface area contributed by atoms with Crippen molar-refractivity contribution in [1.29, 1.82) is 0 Å². The third-order valence-corrected chi connectivity index (χ3v) is 2.39. The fraction of sp³-hybridized carbons (Fsp3) is 0.857. The molecular formula is C7H11ClMg. The van der Waals surface area contributed by atoms with E-state index in [0.29, 0.717) is 0 Å². The first kappa shape index (κ1) is 10.1. The van der Waals surface area contributed by atoms with Crippen molar-refractivity contribution >= 4 is 23.1 Å². The Bertz CT molecular complexity index is 67.0. The molecule has 0 radical (unpaired) electrons. The van der Waals surface area contributed by atoms with Gasteiger partial charge in [-0.2, -0.15) is 19.3 Å². The van der Waals surface area contributed by atoms with Crippen molar-refractivity contribution < 1.29 is 12.4 Å². The zero-order valence-corrected chi connectivity index (χ0v) is 7.87. The Morgan fingerprint density at radius 3 is 1.78 bits per heavy atom. The fourth-order valence-electron chi connectivity index (χ4n) is 1.90. The van der Waals surface area contributed by atoms with Crippen LogP contribution in [0.2, 0.25) is 0 Å². The zero-order chi connectivity index (χ0) is 4.69. The molecule has 2 bridgehead atoms. The number of hydrogen-bond donors (Lipinski definition) is 0. The average molecular weight is 155 g/mol. The molecule has 0 aromatic carbocycles. The molecule has 2 heteroatoms. The van der Waals surface area contributed by atoms with Crippen LogP contribution in [0.4, 0.5) is 0 Å². The first-order valence-corrected chi connectivity index (χ1v) is 3.29. The first-order valence-electron chi connectivity index (χ1n) is 3.29. The third kappa shape index (κ3) is 1.99. The van der Waals surface area contributed by atoms with Gasteiger partial charge in [0.05, 0.1) is 0 Å². The van der Waals surface area contributed by atoms with Crippen molar-refractivity contribution in [2.75, 3.05) is 0 Å². The Morgan fingerprint density at radius 1 is 1.11 bits per heavy atom. The summed E-state index contributed by atoms with van der Waals surface area (Å²) in [6.45, 7) is 0. The van der Waals surface area contributed by atoms with Crippen LogP contribution in [0.15, 0.2) is 0 Å². The van der Waals surface area contributed by atoms with Gasteiger partial charge in [-0.25, -0.2) is 0 Å². The van der Waals surface area contributed by atoms with Gasteiger partial charge in [0.2, 0.25) is 0 Å². The molecule has 0 N–H and O–H groups in total. The van der Waals surface area contributed by atoms with Crippen LogP contribution in [-0.4, -0.2) is 23.1 Å². The van der Waals surface area contributed by atoms with E-state index in [1.807, 2.05) is 5.92 Å². The SMILES string of the molecule is C1CC2CC[C-]1C2.[Cl-].[Mg+2]. The van der Waals surface area contributed by atoms with Crippen LogP contribution < -0.4 is 12.4 Å². The molecule has 48 valence electrons. The number of hydrogen-bond acceptors (Lipinski definition) is 0. The van der Waals surface area contributed by atoms with Gasteiger partial charge in [-0.05, 0) is 0 Å². The minimum Gasteiger partial charge on any atom is -1.00 e. The molecule has 0 unspecified atom stereocenters. The number of fused-ring (bicyclic) bond motifs is 2. The van der Waals surface area contributed by atoms with Gasteiger partial charge in [0.1, 0.15) is 0 Å².